The molecule has 2 aromatic heterocycles. The number of benzene rings is 1. The van der Waals surface area contributed by atoms with Gasteiger partial charge in [0.1, 0.15) is 11.3 Å². The van der Waals surface area contributed by atoms with Crippen molar-refractivity contribution in [3.8, 4) is 5.75 Å². The number of anilines is 4. The molecule has 11 heteroatoms. The lowest BCUT2D eigenvalue weighted by Gasteiger charge is -2.44. The molecule has 3 atom stereocenters. The summed E-state index contributed by atoms with van der Waals surface area (Å²) in [6.45, 7) is 2.97. The summed E-state index contributed by atoms with van der Waals surface area (Å²) in [5, 5.41) is 28.0. The number of nitrogens with one attached hydrogen (secondary N) is 3. The van der Waals surface area contributed by atoms with E-state index in [0.29, 0.717) is 36.5 Å². The van der Waals surface area contributed by atoms with Crippen molar-refractivity contribution in [3.05, 3.63) is 24.5 Å². The van der Waals surface area contributed by atoms with Crippen LogP contribution in [0, 0.1) is 0 Å². The maximum atomic E-state index is 11.0. The minimum atomic E-state index is -0.475. The van der Waals surface area contributed by atoms with Crippen LogP contribution in [0.3, 0.4) is 0 Å². The smallest absolute Gasteiger partial charge is 0.231 e. The number of aliphatic hydroxyl groups is 2. The Morgan fingerprint density at radius 2 is 1.87 bits per heavy atom. The summed E-state index contributed by atoms with van der Waals surface area (Å²) >= 11 is 0. The number of piperidine rings is 2. The van der Waals surface area contributed by atoms with Gasteiger partial charge in [0, 0.05) is 43.5 Å². The fourth-order valence-electron chi connectivity index (χ4n) is 6.40. The standard InChI is InChI=1S/C28H40N8O3/c1-39-24-14-19(35-13-11-22(23(38)16-35)36-12-5-8-20(37)15-36)9-10-21(24)32-28-33-26-25(29-17-30-26)27(34-28)31-18-6-3-2-4-7-18/h9-10,14,17-18,20,22-23,37-38H,2-8,11-13,15-16H2,1H3,(H3,29,30,31,32,33,34). The SMILES string of the molecule is COc1cc(N2CCC(N3CCCC(O)C3)C(O)C2)ccc1Nc1nc(NC2CCCCC2)c2[nH]cnc2n1. The number of fused-ring (bicyclic) bond motifs is 1. The van der Waals surface area contributed by atoms with E-state index in [-0.39, 0.29) is 12.1 Å². The molecule has 3 aromatic rings. The highest BCUT2D eigenvalue weighted by atomic mass is 16.5. The molecular formula is C28H40N8O3. The summed E-state index contributed by atoms with van der Waals surface area (Å²) < 4.78 is 5.75. The average molecular weight is 537 g/mol. The lowest BCUT2D eigenvalue weighted by atomic mass is 9.95. The molecule has 6 rings (SSSR count). The largest absolute Gasteiger partial charge is 0.494 e. The van der Waals surface area contributed by atoms with E-state index in [0.717, 1.165) is 67.9 Å². The first-order chi connectivity index (χ1) is 19.1. The van der Waals surface area contributed by atoms with Crippen LogP contribution in [0.4, 0.5) is 23.1 Å². The number of H-pyrrole nitrogens is 1. The van der Waals surface area contributed by atoms with Gasteiger partial charge in [0.25, 0.3) is 0 Å². The van der Waals surface area contributed by atoms with Crippen molar-refractivity contribution in [3.63, 3.8) is 0 Å². The number of hydrogen-bond donors (Lipinski definition) is 5. The molecule has 39 heavy (non-hydrogen) atoms. The van der Waals surface area contributed by atoms with E-state index in [1.165, 1.54) is 19.3 Å². The molecule has 3 aliphatic rings. The second kappa shape index (κ2) is 11.5. The van der Waals surface area contributed by atoms with Crippen LogP contribution in [-0.2, 0) is 0 Å². The highest BCUT2D eigenvalue weighted by molar-refractivity contribution is 5.84. The van der Waals surface area contributed by atoms with Gasteiger partial charge in [0.15, 0.2) is 11.5 Å². The number of ether oxygens (including phenoxy) is 1. The Bertz CT molecular complexity index is 1260. The molecule has 4 heterocycles. The molecule has 0 bridgehead atoms. The summed E-state index contributed by atoms with van der Waals surface area (Å²) in [7, 11) is 1.65. The van der Waals surface area contributed by atoms with Crippen molar-refractivity contribution in [1.29, 1.82) is 0 Å². The molecule has 210 valence electrons. The van der Waals surface area contributed by atoms with Crippen LogP contribution in [0.5, 0.6) is 5.75 Å². The van der Waals surface area contributed by atoms with Crippen molar-refractivity contribution in [2.24, 2.45) is 0 Å². The Labute approximate surface area is 229 Å². The zero-order valence-electron chi connectivity index (χ0n) is 22.6. The molecule has 1 aromatic carbocycles. The first-order valence-electron chi connectivity index (χ1n) is 14.3. The molecule has 5 N–H and O–H groups in total. The quantitative estimate of drug-likeness (QED) is 0.306. The number of aromatic amines is 1. The van der Waals surface area contributed by atoms with Crippen molar-refractivity contribution < 1.29 is 14.9 Å². The molecular weight excluding hydrogens is 496 g/mol. The third-order valence-electron chi connectivity index (χ3n) is 8.47. The Morgan fingerprint density at radius 3 is 2.67 bits per heavy atom. The molecule has 0 spiro atoms. The predicted octanol–water partition coefficient (Wildman–Crippen LogP) is 3.25. The number of imidazole rings is 1. The summed E-state index contributed by atoms with van der Waals surface area (Å²) in [5.41, 5.74) is 3.18. The monoisotopic (exact) mass is 536 g/mol. The summed E-state index contributed by atoms with van der Waals surface area (Å²) in [6.07, 6.45) is 9.62. The molecule has 3 fully saturated rings. The third-order valence-corrected chi connectivity index (χ3v) is 8.47. The normalized spacial score (nSPS) is 25.1. The second-order valence-corrected chi connectivity index (χ2v) is 11.1. The van der Waals surface area contributed by atoms with Crippen molar-refractivity contribution in [2.75, 3.05) is 48.8 Å². The Kier molecular flexibility index (Phi) is 7.71. The first-order valence-corrected chi connectivity index (χ1v) is 14.3. The summed E-state index contributed by atoms with van der Waals surface area (Å²) in [4.78, 5) is 21.4. The van der Waals surface area contributed by atoms with Crippen LogP contribution >= 0.6 is 0 Å². The van der Waals surface area contributed by atoms with Crippen LogP contribution in [0.25, 0.3) is 11.2 Å². The van der Waals surface area contributed by atoms with Gasteiger partial charge in [-0.15, -0.1) is 0 Å². The zero-order valence-corrected chi connectivity index (χ0v) is 22.6. The van der Waals surface area contributed by atoms with Crippen LogP contribution in [0.1, 0.15) is 51.4 Å². The molecule has 0 amide bonds. The zero-order chi connectivity index (χ0) is 26.8. The number of rotatable bonds is 7. The third kappa shape index (κ3) is 5.75. The van der Waals surface area contributed by atoms with E-state index < -0.39 is 6.10 Å². The summed E-state index contributed by atoms with van der Waals surface area (Å²) in [5.74, 6) is 1.90. The molecule has 0 radical (unpaired) electrons. The van der Waals surface area contributed by atoms with E-state index in [2.05, 4.69) is 35.4 Å². The van der Waals surface area contributed by atoms with Gasteiger partial charge in [0.2, 0.25) is 5.95 Å². The lowest BCUT2D eigenvalue weighted by Crippen LogP contribution is -2.57. The minimum Gasteiger partial charge on any atom is -0.494 e. The van der Waals surface area contributed by atoms with Gasteiger partial charge in [0.05, 0.1) is 31.3 Å². The topological polar surface area (TPSA) is 135 Å². The Hall–Kier alpha value is -3.15. The maximum absolute atomic E-state index is 11.0. The van der Waals surface area contributed by atoms with E-state index in [4.69, 9.17) is 9.72 Å². The Balaban J connectivity index is 1.16. The van der Waals surface area contributed by atoms with Gasteiger partial charge in [-0.05, 0) is 50.8 Å². The molecule has 2 saturated heterocycles. The number of hydrogen-bond acceptors (Lipinski definition) is 10. The molecule has 1 aliphatic carbocycles. The van der Waals surface area contributed by atoms with Gasteiger partial charge < -0.3 is 35.5 Å². The van der Waals surface area contributed by atoms with Gasteiger partial charge in [-0.3, -0.25) is 4.90 Å². The van der Waals surface area contributed by atoms with Gasteiger partial charge in [-0.2, -0.15) is 9.97 Å². The fraction of sp³-hybridized carbons (Fsp3) is 0.607. The second-order valence-electron chi connectivity index (χ2n) is 11.1. The summed E-state index contributed by atoms with van der Waals surface area (Å²) in [6, 6.07) is 6.50. The van der Waals surface area contributed by atoms with Crippen molar-refractivity contribution >= 4 is 34.3 Å². The van der Waals surface area contributed by atoms with E-state index >= 15 is 0 Å². The number of likely N-dealkylation sites (tertiary alicyclic amines) is 1. The fourth-order valence-corrected chi connectivity index (χ4v) is 6.40. The van der Waals surface area contributed by atoms with E-state index in [1.54, 1.807) is 13.4 Å². The minimum absolute atomic E-state index is 0.0876. The highest BCUT2D eigenvalue weighted by Crippen LogP contribution is 2.34. The van der Waals surface area contributed by atoms with Crippen molar-refractivity contribution in [1.82, 2.24) is 24.8 Å². The van der Waals surface area contributed by atoms with Crippen LogP contribution < -0.4 is 20.3 Å². The highest BCUT2D eigenvalue weighted by Gasteiger charge is 2.34. The van der Waals surface area contributed by atoms with Crippen LogP contribution in [-0.4, -0.2) is 92.6 Å². The van der Waals surface area contributed by atoms with Crippen LogP contribution in [0.2, 0.25) is 0 Å². The number of nitrogens with zero attached hydrogens (tertiary/aromatic N) is 5. The number of methoxy groups -OCH3 is 1. The number of aliphatic hydroxyl groups excluding tert-OH is 2. The van der Waals surface area contributed by atoms with Crippen LogP contribution in [0.15, 0.2) is 24.5 Å². The van der Waals surface area contributed by atoms with Gasteiger partial charge in [-0.1, -0.05) is 19.3 Å². The average Bonchev–Trinajstić information content (AvgIpc) is 3.43. The first kappa shape index (κ1) is 26.1. The molecule has 1 saturated carbocycles. The van der Waals surface area contributed by atoms with Gasteiger partial charge in [-0.25, -0.2) is 4.98 Å². The maximum Gasteiger partial charge on any atom is 0.231 e. The molecule has 3 unspecified atom stereocenters. The predicted molar refractivity (Wildman–Crippen MR) is 152 cm³/mol. The van der Waals surface area contributed by atoms with E-state index in [9.17, 15) is 10.2 Å². The van der Waals surface area contributed by atoms with Crippen molar-refractivity contribution in [2.45, 2.75) is 75.7 Å². The van der Waals surface area contributed by atoms with E-state index in [1.807, 2.05) is 18.2 Å². The van der Waals surface area contributed by atoms with Gasteiger partial charge >= 0.3 is 0 Å². The molecule has 11 nitrogen and oxygen atoms in total. The lowest BCUT2D eigenvalue weighted by molar-refractivity contribution is -0.0104. The Morgan fingerprint density at radius 1 is 1.00 bits per heavy atom. The number of aromatic nitrogens is 4. The molecule has 2 aliphatic heterocycles. The number of β-amino-alcohol motifs (C(OH)–C–C–N with tert-alkyl or cyclic N) is 2.